The fraction of sp³-hybridized carbons (Fsp3) is 0.500. The lowest BCUT2D eigenvalue weighted by Gasteiger charge is -2.69. The van der Waals surface area contributed by atoms with Crippen LogP contribution in [-0.2, 0) is 29.0 Å². The van der Waals surface area contributed by atoms with Crippen molar-refractivity contribution in [2.75, 3.05) is 36.6 Å². The molecule has 2 N–H and O–H groups in total. The van der Waals surface area contributed by atoms with E-state index in [2.05, 4.69) is 53.6 Å². The SMILES string of the molecule is CCCCOC(=O)c1nc(N2CCc3cccc(C(=O)Nc4nc5ccccc5s4)c3C2)ccc1-c1cnn(CC23CC4(C)CC(C)(C2)CC(OCCO)(C4)C3)c1C. The molecule has 58 heavy (non-hydrogen) atoms. The van der Waals surface area contributed by atoms with E-state index in [1.54, 1.807) is 0 Å². The molecule has 5 aromatic rings. The highest BCUT2D eigenvalue weighted by Gasteiger charge is 2.66. The predicted molar refractivity (Wildman–Crippen MR) is 226 cm³/mol. The number of pyridine rings is 1. The van der Waals surface area contributed by atoms with E-state index >= 15 is 0 Å². The Balaban J connectivity index is 0.998. The number of esters is 1. The van der Waals surface area contributed by atoms with Gasteiger partial charge < -0.3 is 19.5 Å². The smallest absolute Gasteiger partial charge is 0.357 e. The normalized spacial score (nSPS) is 25.9. The van der Waals surface area contributed by atoms with Gasteiger partial charge in [0.05, 0.1) is 41.8 Å². The second kappa shape index (κ2) is 14.9. The highest BCUT2D eigenvalue weighted by atomic mass is 32.1. The van der Waals surface area contributed by atoms with Gasteiger partial charge in [-0.05, 0) is 116 Å². The van der Waals surface area contributed by atoms with Crippen LogP contribution in [0, 0.1) is 23.2 Å². The maximum atomic E-state index is 13.9. The van der Waals surface area contributed by atoms with E-state index in [4.69, 9.17) is 19.6 Å². The molecule has 12 heteroatoms. The maximum absolute atomic E-state index is 13.9. The number of unbranched alkanes of at least 4 members (excludes halogenated alkanes) is 1. The third kappa shape index (κ3) is 7.21. The number of benzene rings is 2. The lowest BCUT2D eigenvalue weighted by atomic mass is 9.39. The van der Waals surface area contributed by atoms with Crippen molar-refractivity contribution < 1.29 is 24.2 Å². The molecule has 4 aliphatic carbocycles. The van der Waals surface area contributed by atoms with Crippen LogP contribution in [0.4, 0.5) is 10.9 Å². The molecule has 2 atom stereocenters. The summed E-state index contributed by atoms with van der Waals surface area (Å²) in [6.07, 6.45) is 10.8. The lowest BCUT2D eigenvalue weighted by molar-refractivity contribution is -0.250. The van der Waals surface area contributed by atoms with Crippen LogP contribution in [0.2, 0.25) is 0 Å². The Labute approximate surface area is 344 Å². The van der Waals surface area contributed by atoms with Gasteiger partial charge in [0.1, 0.15) is 5.82 Å². The van der Waals surface area contributed by atoms with Gasteiger partial charge in [-0.3, -0.25) is 14.8 Å². The van der Waals surface area contributed by atoms with Crippen LogP contribution < -0.4 is 10.2 Å². The molecule has 4 heterocycles. The summed E-state index contributed by atoms with van der Waals surface area (Å²) in [4.78, 5) is 39.5. The first-order valence-electron chi connectivity index (χ1n) is 20.9. The number of amides is 1. The van der Waals surface area contributed by atoms with Gasteiger partial charge in [-0.1, -0.05) is 62.8 Å². The molecule has 10 rings (SSSR count). The fourth-order valence-corrected chi connectivity index (χ4v) is 12.9. The minimum atomic E-state index is -0.448. The number of aromatic nitrogens is 4. The van der Waals surface area contributed by atoms with Crippen LogP contribution >= 0.6 is 11.3 Å². The molecule has 1 aliphatic heterocycles. The third-order valence-electron chi connectivity index (χ3n) is 13.2. The van der Waals surface area contributed by atoms with E-state index in [1.807, 2.05) is 54.7 Å². The molecule has 304 valence electrons. The van der Waals surface area contributed by atoms with Crippen molar-refractivity contribution in [3.8, 4) is 11.1 Å². The van der Waals surface area contributed by atoms with E-state index in [9.17, 15) is 14.7 Å². The number of nitrogens with one attached hydrogen (secondary N) is 1. The van der Waals surface area contributed by atoms with Gasteiger partial charge in [-0.25, -0.2) is 14.8 Å². The monoisotopic (exact) mass is 802 g/mol. The molecule has 0 spiro atoms. The Morgan fingerprint density at radius 3 is 2.52 bits per heavy atom. The zero-order valence-electron chi connectivity index (χ0n) is 34.1. The van der Waals surface area contributed by atoms with Crippen LogP contribution in [-0.4, -0.2) is 68.7 Å². The first kappa shape index (κ1) is 38.8. The number of aliphatic hydroxyl groups is 1. The molecule has 4 fully saturated rings. The summed E-state index contributed by atoms with van der Waals surface area (Å²) in [5, 5.41) is 18.3. The van der Waals surface area contributed by atoms with Crippen LogP contribution in [0.5, 0.6) is 0 Å². The second-order valence-corrected chi connectivity index (χ2v) is 19.4. The van der Waals surface area contributed by atoms with Crippen molar-refractivity contribution in [3.63, 3.8) is 0 Å². The molecular formula is C46H54N6O5S. The molecule has 11 nitrogen and oxygen atoms in total. The molecule has 1 amide bonds. The van der Waals surface area contributed by atoms with E-state index in [0.29, 0.717) is 48.4 Å². The lowest BCUT2D eigenvalue weighted by Crippen LogP contribution is -2.64. The van der Waals surface area contributed by atoms with Crippen molar-refractivity contribution in [1.82, 2.24) is 19.7 Å². The number of aliphatic hydroxyl groups excluding tert-OH is 1. The quantitative estimate of drug-likeness (QED) is 0.0886. The number of fused-ring (bicyclic) bond motifs is 2. The number of carbonyl (C=O) groups excluding carboxylic acids is 2. The highest BCUT2D eigenvalue weighted by molar-refractivity contribution is 7.22. The van der Waals surface area contributed by atoms with Gasteiger partial charge in [0.25, 0.3) is 5.91 Å². The van der Waals surface area contributed by atoms with Gasteiger partial charge in [0.15, 0.2) is 10.8 Å². The number of nitrogens with zero attached hydrogens (tertiary/aromatic N) is 5. The standard InChI is InChI=1S/C46H54N6O5S/c1-5-6-19-56-41(55)39-32(34-21-47-52(30(34)2)29-45-24-43(3)23-44(4,25-45)27-46(26-43,28-45)57-20-18-53)14-15-38(49-39)51-17-16-31-10-9-11-33(35(31)22-51)40(54)50-42-48-36-12-7-8-13-37(36)58-42/h7-15,21,53H,5-6,16-20,22-29H2,1-4H3,(H,48,50,54). The van der Waals surface area contributed by atoms with E-state index in [0.717, 1.165) is 90.5 Å². The molecule has 0 radical (unpaired) electrons. The van der Waals surface area contributed by atoms with Crippen LogP contribution in [0.1, 0.15) is 110 Å². The van der Waals surface area contributed by atoms with Crippen LogP contribution in [0.25, 0.3) is 21.3 Å². The summed E-state index contributed by atoms with van der Waals surface area (Å²) in [6.45, 7) is 11.7. The average molecular weight is 803 g/mol. The summed E-state index contributed by atoms with van der Waals surface area (Å²) < 4.78 is 15.5. The zero-order valence-corrected chi connectivity index (χ0v) is 34.9. The molecule has 2 aromatic carbocycles. The van der Waals surface area contributed by atoms with Crippen LogP contribution in [0.3, 0.4) is 0 Å². The first-order valence-corrected chi connectivity index (χ1v) is 21.7. The van der Waals surface area contributed by atoms with E-state index < -0.39 is 5.97 Å². The summed E-state index contributed by atoms with van der Waals surface area (Å²) in [7, 11) is 0. The van der Waals surface area contributed by atoms with Crippen molar-refractivity contribution in [3.05, 3.63) is 88.9 Å². The summed E-state index contributed by atoms with van der Waals surface area (Å²) in [5.74, 6) is 0.0144. The summed E-state index contributed by atoms with van der Waals surface area (Å²) in [6, 6.07) is 17.7. The molecule has 2 unspecified atom stereocenters. The Kier molecular flexibility index (Phi) is 9.96. The van der Waals surface area contributed by atoms with Gasteiger partial charge in [0, 0.05) is 42.0 Å². The number of ether oxygens (including phenoxy) is 2. The number of para-hydroxylation sites is 1. The number of thiazole rings is 1. The number of hydrogen-bond donors (Lipinski definition) is 2. The Bertz CT molecular complexity index is 2340. The minimum Gasteiger partial charge on any atom is -0.461 e. The Morgan fingerprint density at radius 1 is 0.931 bits per heavy atom. The van der Waals surface area contributed by atoms with Gasteiger partial charge in [-0.15, -0.1) is 0 Å². The molecule has 4 bridgehead atoms. The topological polar surface area (TPSA) is 132 Å². The van der Waals surface area contributed by atoms with Crippen molar-refractivity contribution >= 4 is 44.4 Å². The second-order valence-electron chi connectivity index (χ2n) is 18.3. The van der Waals surface area contributed by atoms with E-state index in [-0.39, 0.29) is 40.1 Å². The molecular weight excluding hydrogens is 749 g/mol. The van der Waals surface area contributed by atoms with Crippen molar-refractivity contribution in [1.29, 1.82) is 0 Å². The number of rotatable bonds is 13. The third-order valence-corrected chi connectivity index (χ3v) is 14.1. The predicted octanol–water partition coefficient (Wildman–Crippen LogP) is 8.76. The Morgan fingerprint density at radius 2 is 1.74 bits per heavy atom. The minimum absolute atomic E-state index is 0.0282. The largest absolute Gasteiger partial charge is 0.461 e. The highest BCUT2D eigenvalue weighted by Crippen LogP contribution is 2.72. The fourth-order valence-electron chi connectivity index (χ4n) is 12.1. The van der Waals surface area contributed by atoms with Gasteiger partial charge in [0.2, 0.25) is 0 Å². The van der Waals surface area contributed by atoms with Crippen molar-refractivity contribution in [2.24, 2.45) is 16.2 Å². The maximum Gasteiger partial charge on any atom is 0.357 e. The molecule has 4 saturated carbocycles. The van der Waals surface area contributed by atoms with Gasteiger partial charge >= 0.3 is 5.97 Å². The van der Waals surface area contributed by atoms with E-state index in [1.165, 1.54) is 17.8 Å². The van der Waals surface area contributed by atoms with Crippen molar-refractivity contribution in [2.45, 2.75) is 104 Å². The van der Waals surface area contributed by atoms with Gasteiger partial charge in [-0.2, -0.15) is 5.10 Å². The number of carbonyl (C=O) groups is 2. The zero-order chi connectivity index (χ0) is 40.3. The Hall–Kier alpha value is -4.65. The molecule has 0 saturated heterocycles. The molecule has 5 aliphatic rings. The number of anilines is 2. The first-order chi connectivity index (χ1) is 27.9. The average Bonchev–Trinajstić information content (AvgIpc) is 3.76. The van der Waals surface area contributed by atoms with Crippen LogP contribution in [0.15, 0.2) is 60.8 Å². The number of hydrogen-bond acceptors (Lipinski definition) is 10. The molecule has 3 aromatic heterocycles. The summed E-state index contributed by atoms with van der Waals surface area (Å²) in [5.41, 5.74) is 6.56. The summed E-state index contributed by atoms with van der Waals surface area (Å²) >= 11 is 1.46.